The summed E-state index contributed by atoms with van der Waals surface area (Å²) in [4.78, 5) is 0. The van der Waals surface area contributed by atoms with Gasteiger partial charge in [-0.1, -0.05) is 38.3 Å². The molecular formula is C28H40F2O. The van der Waals surface area contributed by atoms with Crippen LogP contribution in [0.1, 0.15) is 95.5 Å². The Bertz CT molecular complexity index is 737. The molecule has 1 aromatic carbocycles. The first kappa shape index (κ1) is 22.8. The van der Waals surface area contributed by atoms with Gasteiger partial charge in [-0.2, -0.15) is 4.39 Å². The van der Waals surface area contributed by atoms with E-state index in [4.69, 9.17) is 4.74 Å². The first-order chi connectivity index (χ1) is 15.1. The SMILES string of the molecule is C=CCCOc1ccc(C2CCC3CC(C4CCC(CC)CC4)CCC3C2)c(F)c1F. The predicted molar refractivity (Wildman–Crippen MR) is 123 cm³/mol. The maximum Gasteiger partial charge on any atom is 0.200 e. The fourth-order valence-electron chi connectivity index (χ4n) is 6.93. The third-order valence-corrected chi connectivity index (χ3v) is 8.89. The van der Waals surface area contributed by atoms with Crippen LogP contribution in [0.5, 0.6) is 5.75 Å². The molecule has 4 unspecified atom stereocenters. The Morgan fingerprint density at radius 1 is 0.871 bits per heavy atom. The lowest BCUT2D eigenvalue weighted by molar-refractivity contribution is 0.0711. The van der Waals surface area contributed by atoms with Crippen molar-refractivity contribution in [3.63, 3.8) is 0 Å². The average Bonchev–Trinajstić information content (AvgIpc) is 2.81. The van der Waals surface area contributed by atoms with Gasteiger partial charge in [0.15, 0.2) is 11.6 Å². The summed E-state index contributed by atoms with van der Waals surface area (Å²) in [6, 6.07) is 3.39. The lowest BCUT2D eigenvalue weighted by Gasteiger charge is -2.45. The molecule has 3 aliphatic rings. The van der Waals surface area contributed by atoms with Crippen LogP contribution >= 0.6 is 0 Å². The summed E-state index contributed by atoms with van der Waals surface area (Å²) >= 11 is 0. The zero-order valence-electron chi connectivity index (χ0n) is 19.3. The molecule has 3 saturated carbocycles. The second-order valence-corrected chi connectivity index (χ2v) is 10.5. The quantitative estimate of drug-likeness (QED) is 0.311. The van der Waals surface area contributed by atoms with E-state index in [1.165, 1.54) is 57.8 Å². The zero-order valence-corrected chi connectivity index (χ0v) is 19.3. The van der Waals surface area contributed by atoms with Gasteiger partial charge in [0, 0.05) is 0 Å². The van der Waals surface area contributed by atoms with E-state index in [1.807, 2.05) is 0 Å². The molecule has 0 aromatic heterocycles. The van der Waals surface area contributed by atoms with E-state index < -0.39 is 11.6 Å². The highest BCUT2D eigenvalue weighted by molar-refractivity contribution is 5.33. The number of fused-ring (bicyclic) bond motifs is 1. The molecule has 3 fully saturated rings. The zero-order chi connectivity index (χ0) is 21.8. The number of rotatable bonds is 7. The summed E-state index contributed by atoms with van der Waals surface area (Å²) < 4.78 is 34.8. The van der Waals surface area contributed by atoms with Gasteiger partial charge in [-0.25, -0.2) is 4.39 Å². The van der Waals surface area contributed by atoms with Gasteiger partial charge in [0.2, 0.25) is 5.82 Å². The van der Waals surface area contributed by atoms with Crippen molar-refractivity contribution < 1.29 is 13.5 Å². The highest BCUT2D eigenvalue weighted by atomic mass is 19.2. The van der Waals surface area contributed by atoms with Gasteiger partial charge in [0.05, 0.1) is 6.61 Å². The molecule has 3 heteroatoms. The predicted octanol–water partition coefficient (Wildman–Crippen LogP) is 8.44. The van der Waals surface area contributed by atoms with Crippen LogP contribution in [0.25, 0.3) is 0 Å². The Morgan fingerprint density at radius 2 is 1.52 bits per heavy atom. The minimum absolute atomic E-state index is 0.0232. The maximum absolute atomic E-state index is 14.9. The third kappa shape index (κ3) is 5.17. The molecule has 1 aromatic rings. The molecular weight excluding hydrogens is 390 g/mol. The molecule has 1 nitrogen and oxygen atoms in total. The van der Waals surface area contributed by atoms with E-state index in [0.717, 1.165) is 36.5 Å². The van der Waals surface area contributed by atoms with Gasteiger partial charge >= 0.3 is 0 Å². The number of benzene rings is 1. The first-order valence-corrected chi connectivity index (χ1v) is 12.8. The van der Waals surface area contributed by atoms with E-state index in [0.29, 0.717) is 24.5 Å². The number of ether oxygens (including phenoxy) is 1. The van der Waals surface area contributed by atoms with Gasteiger partial charge in [-0.3, -0.25) is 0 Å². The fourth-order valence-corrected chi connectivity index (χ4v) is 6.93. The summed E-state index contributed by atoms with van der Waals surface area (Å²) in [7, 11) is 0. The van der Waals surface area contributed by atoms with Gasteiger partial charge in [0.25, 0.3) is 0 Å². The van der Waals surface area contributed by atoms with Crippen molar-refractivity contribution in [1.29, 1.82) is 0 Å². The van der Waals surface area contributed by atoms with Crippen LogP contribution in [0.4, 0.5) is 8.78 Å². The van der Waals surface area contributed by atoms with Crippen LogP contribution in [-0.4, -0.2) is 6.61 Å². The summed E-state index contributed by atoms with van der Waals surface area (Å²) in [5.74, 6) is 2.97. The number of hydrogen-bond acceptors (Lipinski definition) is 1. The third-order valence-electron chi connectivity index (χ3n) is 8.89. The summed E-state index contributed by atoms with van der Waals surface area (Å²) in [5.41, 5.74) is 0.562. The van der Waals surface area contributed by atoms with Gasteiger partial charge in [0.1, 0.15) is 0 Å². The average molecular weight is 431 g/mol. The Hall–Kier alpha value is -1.38. The molecule has 0 amide bonds. The van der Waals surface area contributed by atoms with Crippen LogP contribution in [0, 0.1) is 41.2 Å². The largest absolute Gasteiger partial charge is 0.490 e. The monoisotopic (exact) mass is 430 g/mol. The Labute approximate surface area is 187 Å². The second kappa shape index (κ2) is 10.5. The highest BCUT2D eigenvalue weighted by Gasteiger charge is 2.39. The molecule has 3 aliphatic carbocycles. The Morgan fingerprint density at radius 3 is 2.23 bits per heavy atom. The summed E-state index contributed by atoms with van der Waals surface area (Å²) in [6.45, 7) is 6.30. The van der Waals surface area contributed by atoms with E-state index in [2.05, 4.69) is 13.5 Å². The molecule has 31 heavy (non-hydrogen) atoms. The fraction of sp³-hybridized carbons (Fsp3) is 0.714. The molecule has 0 bridgehead atoms. The molecule has 172 valence electrons. The molecule has 4 rings (SSSR count). The molecule has 0 aliphatic heterocycles. The van der Waals surface area contributed by atoms with E-state index in [-0.39, 0.29) is 11.7 Å². The van der Waals surface area contributed by atoms with Crippen LogP contribution < -0.4 is 4.74 Å². The van der Waals surface area contributed by atoms with Crippen molar-refractivity contribution in [1.82, 2.24) is 0 Å². The van der Waals surface area contributed by atoms with E-state index in [9.17, 15) is 8.78 Å². The van der Waals surface area contributed by atoms with Crippen molar-refractivity contribution in [3.8, 4) is 5.75 Å². The topological polar surface area (TPSA) is 9.23 Å². The van der Waals surface area contributed by atoms with E-state index >= 15 is 0 Å². The molecule has 0 saturated heterocycles. The van der Waals surface area contributed by atoms with Crippen LogP contribution in [0.15, 0.2) is 24.8 Å². The highest BCUT2D eigenvalue weighted by Crippen LogP contribution is 2.51. The van der Waals surface area contributed by atoms with Crippen molar-refractivity contribution in [2.75, 3.05) is 6.61 Å². The molecule has 0 N–H and O–H groups in total. The van der Waals surface area contributed by atoms with Crippen molar-refractivity contribution in [2.45, 2.75) is 89.9 Å². The van der Waals surface area contributed by atoms with Crippen molar-refractivity contribution in [2.24, 2.45) is 29.6 Å². The minimum atomic E-state index is -0.824. The first-order valence-electron chi connectivity index (χ1n) is 12.8. The lowest BCUT2D eigenvalue weighted by Crippen LogP contribution is -2.34. The minimum Gasteiger partial charge on any atom is -0.490 e. The van der Waals surface area contributed by atoms with Crippen LogP contribution in [0.2, 0.25) is 0 Å². The van der Waals surface area contributed by atoms with Crippen LogP contribution in [-0.2, 0) is 0 Å². The molecule has 0 radical (unpaired) electrons. The van der Waals surface area contributed by atoms with Crippen molar-refractivity contribution >= 4 is 0 Å². The number of halogens is 2. The molecule has 0 heterocycles. The lowest BCUT2D eigenvalue weighted by atomic mass is 9.60. The molecule has 0 spiro atoms. The smallest absolute Gasteiger partial charge is 0.200 e. The van der Waals surface area contributed by atoms with Gasteiger partial charge < -0.3 is 4.74 Å². The van der Waals surface area contributed by atoms with Gasteiger partial charge in [-0.15, -0.1) is 6.58 Å². The molecule has 4 atom stereocenters. The number of hydrogen-bond donors (Lipinski definition) is 0. The maximum atomic E-state index is 14.9. The normalized spacial score (nSPS) is 33.5. The Balaban J connectivity index is 1.34. The van der Waals surface area contributed by atoms with Gasteiger partial charge in [-0.05, 0) is 105 Å². The van der Waals surface area contributed by atoms with Crippen LogP contribution in [0.3, 0.4) is 0 Å². The summed E-state index contributed by atoms with van der Waals surface area (Å²) in [5, 5.41) is 0. The Kier molecular flexibility index (Phi) is 7.72. The van der Waals surface area contributed by atoms with Crippen molar-refractivity contribution in [3.05, 3.63) is 42.0 Å². The standard InChI is InChI=1S/C28H40F2O/c1-3-5-16-31-26-15-14-25(27(29)28(26)30)24-13-12-22-17-21(10-11-23(22)18-24)20-8-6-19(4-2)7-9-20/h3,14-15,19-24H,1,4-13,16-18H2,2H3. The second-order valence-electron chi connectivity index (χ2n) is 10.5. The van der Waals surface area contributed by atoms with E-state index in [1.54, 1.807) is 18.2 Å². The summed E-state index contributed by atoms with van der Waals surface area (Å²) in [6.07, 6.45) is 16.6.